The first-order chi connectivity index (χ1) is 9.80. The molecule has 0 radical (unpaired) electrons. The molecule has 1 amide bonds. The quantitative estimate of drug-likeness (QED) is 0.911. The molecular formula is C16H23NO4. The van der Waals surface area contributed by atoms with E-state index in [2.05, 4.69) is 0 Å². The van der Waals surface area contributed by atoms with Crippen LogP contribution in [0.25, 0.3) is 0 Å². The molecule has 1 aliphatic rings. The third-order valence-corrected chi connectivity index (χ3v) is 3.39. The van der Waals surface area contributed by atoms with Crippen molar-refractivity contribution in [3.63, 3.8) is 0 Å². The smallest absolute Gasteiger partial charge is 0.410 e. The number of aliphatic hydroxyl groups excluding tert-OH is 1. The molecule has 0 spiro atoms. The normalized spacial score (nSPS) is 22.2. The van der Waals surface area contributed by atoms with E-state index < -0.39 is 17.8 Å². The van der Waals surface area contributed by atoms with Gasteiger partial charge in [-0.3, -0.25) is 4.90 Å². The summed E-state index contributed by atoms with van der Waals surface area (Å²) >= 11 is 0. The summed E-state index contributed by atoms with van der Waals surface area (Å²) in [5.41, 5.74) is 0.389. The molecule has 1 aromatic carbocycles. The van der Waals surface area contributed by atoms with Crippen molar-refractivity contribution in [1.29, 1.82) is 0 Å². The van der Waals surface area contributed by atoms with E-state index in [1.54, 1.807) is 12.0 Å². The number of carbonyl (C=O) groups is 1. The fraction of sp³-hybridized carbons (Fsp3) is 0.562. The standard InChI is InChI=1S/C16H23NO4/c1-16(2,3)21-15(19)17-10-12(18)9-14(17)11-6-5-7-13(8-11)20-4/h5-8,12,14,18H,9-10H2,1-4H3. The average molecular weight is 293 g/mol. The predicted molar refractivity (Wildman–Crippen MR) is 79.3 cm³/mol. The van der Waals surface area contributed by atoms with Gasteiger partial charge in [0.1, 0.15) is 11.4 Å². The molecule has 1 saturated heterocycles. The van der Waals surface area contributed by atoms with Crippen LogP contribution in [-0.2, 0) is 4.74 Å². The molecule has 1 N–H and O–H groups in total. The van der Waals surface area contributed by atoms with Crippen LogP contribution < -0.4 is 4.74 Å². The number of nitrogens with zero attached hydrogens (tertiary/aromatic N) is 1. The Balaban J connectivity index is 2.21. The second-order valence-corrected chi connectivity index (χ2v) is 6.31. The summed E-state index contributed by atoms with van der Waals surface area (Å²) in [6.07, 6.45) is -0.424. The zero-order valence-electron chi connectivity index (χ0n) is 13.0. The van der Waals surface area contributed by atoms with Gasteiger partial charge in [-0.2, -0.15) is 0 Å². The number of hydrogen-bond acceptors (Lipinski definition) is 4. The lowest BCUT2D eigenvalue weighted by molar-refractivity contribution is 0.0206. The lowest BCUT2D eigenvalue weighted by atomic mass is 10.0. The average Bonchev–Trinajstić information content (AvgIpc) is 2.79. The summed E-state index contributed by atoms with van der Waals surface area (Å²) in [5.74, 6) is 0.734. The molecule has 0 bridgehead atoms. The maximum absolute atomic E-state index is 12.3. The van der Waals surface area contributed by atoms with Gasteiger partial charge in [0.2, 0.25) is 0 Å². The van der Waals surface area contributed by atoms with E-state index in [0.29, 0.717) is 6.42 Å². The molecule has 5 nitrogen and oxygen atoms in total. The summed E-state index contributed by atoms with van der Waals surface area (Å²) in [5, 5.41) is 9.92. The third kappa shape index (κ3) is 3.88. The van der Waals surface area contributed by atoms with Crippen molar-refractivity contribution >= 4 is 6.09 Å². The molecule has 21 heavy (non-hydrogen) atoms. The van der Waals surface area contributed by atoms with Crippen molar-refractivity contribution in [2.45, 2.75) is 44.9 Å². The molecule has 5 heteroatoms. The molecule has 0 saturated carbocycles. The minimum Gasteiger partial charge on any atom is -0.497 e. The number of aliphatic hydroxyl groups is 1. The van der Waals surface area contributed by atoms with Gasteiger partial charge in [0, 0.05) is 0 Å². The Morgan fingerprint density at radius 1 is 1.38 bits per heavy atom. The first-order valence-electron chi connectivity index (χ1n) is 7.12. The Bertz CT molecular complexity index is 509. The first kappa shape index (κ1) is 15.6. The Morgan fingerprint density at radius 3 is 2.71 bits per heavy atom. The molecule has 116 valence electrons. The van der Waals surface area contributed by atoms with Crippen LogP contribution in [-0.4, -0.2) is 41.5 Å². The van der Waals surface area contributed by atoms with E-state index in [9.17, 15) is 9.90 Å². The predicted octanol–water partition coefficient (Wildman–Crippen LogP) is 2.74. The van der Waals surface area contributed by atoms with Gasteiger partial charge in [-0.05, 0) is 44.9 Å². The number of likely N-dealkylation sites (tertiary alicyclic amines) is 1. The van der Waals surface area contributed by atoms with Gasteiger partial charge >= 0.3 is 6.09 Å². The summed E-state index contributed by atoms with van der Waals surface area (Å²) in [7, 11) is 1.61. The summed E-state index contributed by atoms with van der Waals surface area (Å²) in [4.78, 5) is 13.9. The van der Waals surface area contributed by atoms with Crippen molar-refractivity contribution in [2.24, 2.45) is 0 Å². The van der Waals surface area contributed by atoms with E-state index in [1.165, 1.54) is 0 Å². The lowest BCUT2D eigenvalue weighted by Crippen LogP contribution is -2.37. The highest BCUT2D eigenvalue weighted by Gasteiger charge is 2.37. The summed E-state index contributed by atoms with van der Waals surface area (Å²) in [6.45, 7) is 5.78. The van der Waals surface area contributed by atoms with Gasteiger partial charge < -0.3 is 14.6 Å². The molecular weight excluding hydrogens is 270 g/mol. The SMILES string of the molecule is COc1cccc(C2CC(O)CN2C(=O)OC(C)(C)C)c1. The monoisotopic (exact) mass is 293 g/mol. The van der Waals surface area contributed by atoms with Gasteiger partial charge in [0.05, 0.1) is 25.8 Å². The zero-order valence-corrected chi connectivity index (χ0v) is 13.0. The van der Waals surface area contributed by atoms with Crippen LogP contribution in [0, 0.1) is 0 Å². The second kappa shape index (κ2) is 5.93. The molecule has 2 atom stereocenters. The molecule has 1 aliphatic heterocycles. The van der Waals surface area contributed by atoms with Crippen molar-refractivity contribution in [2.75, 3.05) is 13.7 Å². The maximum atomic E-state index is 12.3. The largest absolute Gasteiger partial charge is 0.497 e. The highest BCUT2D eigenvalue weighted by Crippen LogP contribution is 2.34. The molecule has 0 aromatic heterocycles. The van der Waals surface area contributed by atoms with Gasteiger partial charge in [-0.15, -0.1) is 0 Å². The third-order valence-electron chi connectivity index (χ3n) is 3.39. The molecule has 2 rings (SSSR count). The topological polar surface area (TPSA) is 59.0 Å². The van der Waals surface area contributed by atoms with Gasteiger partial charge in [-0.1, -0.05) is 12.1 Å². The summed E-state index contributed by atoms with van der Waals surface area (Å²) in [6, 6.07) is 7.37. The molecule has 0 aliphatic carbocycles. The van der Waals surface area contributed by atoms with Crippen LogP contribution in [0.1, 0.15) is 38.8 Å². The highest BCUT2D eigenvalue weighted by atomic mass is 16.6. The highest BCUT2D eigenvalue weighted by molar-refractivity contribution is 5.69. The van der Waals surface area contributed by atoms with E-state index >= 15 is 0 Å². The van der Waals surface area contributed by atoms with E-state index in [4.69, 9.17) is 9.47 Å². The Morgan fingerprint density at radius 2 is 2.10 bits per heavy atom. The minimum atomic E-state index is -0.552. The Hall–Kier alpha value is -1.75. The molecule has 1 fully saturated rings. The van der Waals surface area contributed by atoms with Gasteiger partial charge in [-0.25, -0.2) is 4.79 Å². The zero-order chi connectivity index (χ0) is 15.6. The minimum absolute atomic E-state index is 0.190. The lowest BCUT2D eigenvalue weighted by Gasteiger charge is -2.28. The maximum Gasteiger partial charge on any atom is 0.410 e. The molecule has 1 aromatic rings. The Labute approximate surface area is 125 Å². The van der Waals surface area contributed by atoms with Crippen LogP contribution in [0.15, 0.2) is 24.3 Å². The first-order valence-corrected chi connectivity index (χ1v) is 7.12. The number of β-amino-alcohol motifs (C(OH)–C–C–N with tert-alkyl or cyclic N) is 1. The van der Waals surface area contributed by atoms with Crippen LogP contribution in [0.4, 0.5) is 4.79 Å². The van der Waals surface area contributed by atoms with Crippen LogP contribution in [0.5, 0.6) is 5.75 Å². The van der Waals surface area contributed by atoms with Crippen LogP contribution in [0.3, 0.4) is 0 Å². The van der Waals surface area contributed by atoms with Crippen LogP contribution in [0.2, 0.25) is 0 Å². The van der Waals surface area contributed by atoms with Crippen molar-refractivity contribution < 1.29 is 19.4 Å². The van der Waals surface area contributed by atoms with Crippen molar-refractivity contribution in [1.82, 2.24) is 4.90 Å². The van der Waals surface area contributed by atoms with E-state index in [1.807, 2.05) is 45.0 Å². The summed E-state index contributed by atoms with van der Waals surface area (Å²) < 4.78 is 10.6. The number of amides is 1. The van der Waals surface area contributed by atoms with Gasteiger partial charge in [0.25, 0.3) is 0 Å². The van der Waals surface area contributed by atoms with E-state index in [-0.39, 0.29) is 12.6 Å². The Kier molecular flexibility index (Phi) is 4.42. The number of hydrogen-bond donors (Lipinski definition) is 1. The number of methoxy groups -OCH3 is 1. The second-order valence-electron chi connectivity index (χ2n) is 6.31. The van der Waals surface area contributed by atoms with Gasteiger partial charge in [0.15, 0.2) is 0 Å². The van der Waals surface area contributed by atoms with Crippen LogP contribution >= 0.6 is 0 Å². The van der Waals surface area contributed by atoms with E-state index in [0.717, 1.165) is 11.3 Å². The fourth-order valence-corrected chi connectivity index (χ4v) is 2.50. The number of carbonyl (C=O) groups excluding carboxylic acids is 1. The van der Waals surface area contributed by atoms with Crippen molar-refractivity contribution in [3.05, 3.63) is 29.8 Å². The number of benzene rings is 1. The molecule has 1 heterocycles. The molecule has 2 unspecified atom stereocenters. The number of ether oxygens (including phenoxy) is 2. The van der Waals surface area contributed by atoms with Crippen molar-refractivity contribution in [3.8, 4) is 5.75 Å². The fourth-order valence-electron chi connectivity index (χ4n) is 2.50. The number of rotatable bonds is 2.